The summed E-state index contributed by atoms with van der Waals surface area (Å²) in [6.07, 6.45) is 8.27. The van der Waals surface area contributed by atoms with Gasteiger partial charge in [0.15, 0.2) is 0 Å². The van der Waals surface area contributed by atoms with E-state index in [4.69, 9.17) is 16.3 Å². The summed E-state index contributed by atoms with van der Waals surface area (Å²) < 4.78 is 5.36. The maximum Gasteiger partial charge on any atom is 0.122 e. The predicted octanol–water partition coefficient (Wildman–Crippen LogP) is 0.570. The lowest BCUT2D eigenvalue weighted by Gasteiger charge is -2.34. The van der Waals surface area contributed by atoms with Gasteiger partial charge in [-0.15, -0.1) is 0 Å². The molecular formula is C11H20N4O. The zero-order chi connectivity index (χ0) is 11.5. The first-order valence-corrected chi connectivity index (χ1v) is 5.72. The van der Waals surface area contributed by atoms with Gasteiger partial charge in [0.2, 0.25) is 0 Å². The molecule has 0 aromatic heterocycles. The fraction of sp³-hybridized carbons (Fsp3) is 0.636. The molecule has 0 amide bonds. The maximum absolute atomic E-state index is 5.93. The summed E-state index contributed by atoms with van der Waals surface area (Å²) in [7, 11) is 1.78. The van der Waals surface area contributed by atoms with E-state index in [-0.39, 0.29) is 0 Å². The Morgan fingerprint density at radius 1 is 1.38 bits per heavy atom. The fourth-order valence-electron chi connectivity index (χ4n) is 2.50. The highest BCUT2D eigenvalue weighted by molar-refractivity contribution is 5.19. The van der Waals surface area contributed by atoms with E-state index in [1.165, 1.54) is 0 Å². The molecule has 1 fully saturated rings. The summed E-state index contributed by atoms with van der Waals surface area (Å²) in [5.41, 5.74) is 6.94. The van der Waals surface area contributed by atoms with Crippen molar-refractivity contribution in [3.8, 4) is 0 Å². The maximum atomic E-state index is 5.93. The van der Waals surface area contributed by atoms with Gasteiger partial charge in [0.05, 0.1) is 11.8 Å². The second-order valence-electron chi connectivity index (χ2n) is 4.38. The van der Waals surface area contributed by atoms with Crippen molar-refractivity contribution in [2.24, 2.45) is 17.5 Å². The van der Waals surface area contributed by atoms with Crippen LogP contribution < -0.4 is 16.9 Å². The topological polar surface area (TPSA) is 76.5 Å². The number of allylic oxidation sites excluding steroid dienone is 1. The lowest BCUT2D eigenvalue weighted by Crippen LogP contribution is -2.39. The Kier molecular flexibility index (Phi) is 3.36. The molecule has 0 bridgehead atoms. The molecule has 0 atom stereocenters. The van der Waals surface area contributed by atoms with E-state index in [2.05, 4.69) is 5.32 Å². The van der Waals surface area contributed by atoms with E-state index in [9.17, 15) is 0 Å². The summed E-state index contributed by atoms with van der Waals surface area (Å²) in [6, 6.07) is 0. The van der Waals surface area contributed by atoms with Crippen LogP contribution in [0.1, 0.15) is 25.7 Å². The molecule has 0 saturated heterocycles. The minimum atomic E-state index is 0.399. The molecule has 0 spiro atoms. The molecule has 0 aromatic carbocycles. The number of hydrazine groups is 1. The second kappa shape index (κ2) is 4.76. The van der Waals surface area contributed by atoms with Crippen molar-refractivity contribution in [3.63, 3.8) is 0 Å². The van der Waals surface area contributed by atoms with Crippen LogP contribution in [0.3, 0.4) is 0 Å². The van der Waals surface area contributed by atoms with Gasteiger partial charge >= 0.3 is 0 Å². The van der Waals surface area contributed by atoms with Gasteiger partial charge in [-0.2, -0.15) is 0 Å². The Hall–Kier alpha value is -1.20. The van der Waals surface area contributed by atoms with Crippen LogP contribution in [0, 0.1) is 5.92 Å². The van der Waals surface area contributed by atoms with Gasteiger partial charge in [0.1, 0.15) is 5.82 Å². The molecule has 16 heavy (non-hydrogen) atoms. The first-order valence-electron chi connectivity index (χ1n) is 5.72. The third kappa shape index (κ3) is 2.15. The molecule has 0 unspecified atom stereocenters. The van der Waals surface area contributed by atoms with E-state index in [1.807, 2.05) is 0 Å². The summed E-state index contributed by atoms with van der Waals surface area (Å²) in [6.45, 7) is 0. The average Bonchev–Trinajstić information content (AvgIpc) is 2.30. The van der Waals surface area contributed by atoms with Crippen LogP contribution in [-0.4, -0.2) is 18.2 Å². The van der Waals surface area contributed by atoms with Gasteiger partial charge in [-0.3, -0.25) is 5.01 Å². The second-order valence-corrected chi connectivity index (χ2v) is 4.38. The van der Waals surface area contributed by atoms with Crippen LogP contribution in [0.5, 0.6) is 0 Å². The normalized spacial score (nSPS) is 30.5. The molecule has 0 radical (unpaired) electrons. The zero-order valence-electron chi connectivity index (χ0n) is 9.65. The standard InChI is InChI=1S/C11H20N4O/c1-16-9-4-2-8(3-5-9)10-11(12)14-6-7-15(10)13/h6-9,14H,2-5,12-13H2,1H3. The third-order valence-electron chi connectivity index (χ3n) is 3.42. The van der Waals surface area contributed by atoms with Crippen LogP contribution >= 0.6 is 0 Å². The highest BCUT2D eigenvalue weighted by atomic mass is 16.5. The molecule has 1 saturated carbocycles. The summed E-state index contributed by atoms with van der Waals surface area (Å²) >= 11 is 0. The molecule has 1 heterocycles. The van der Waals surface area contributed by atoms with Crippen molar-refractivity contribution < 1.29 is 4.74 Å². The first-order chi connectivity index (χ1) is 7.72. The molecule has 1 aliphatic heterocycles. The summed E-state index contributed by atoms with van der Waals surface area (Å²) in [4.78, 5) is 0. The van der Waals surface area contributed by atoms with Crippen LogP contribution in [0.25, 0.3) is 0 Å². The van der Waals surface area contributed by atoms with E-state index < -0.39 is 0 Å². The molecule has 5 N–H and O–H groups in total. The third-order valence-corrected chi connectivity index (χ3v) is 3.42. The highest BCUT2D eigenvalue weighted by Crippen LogP contribution is 2.33. The van der Waals surface area contributed by atoms with Crippen LogP contribution in [0.2, 0.25) is 0 Å². The molecular weight excluding hydrogens is 204 g/mol. The van der Waals surface area contributed by atoms with Crippen molar-refractivity contribution >= 4 is 0 Å². The summed E-state index contributed by atoms with van der Waals surface area (Å²) in [5, 5.41) is 4.64. The van der Waals surface area contributed by atoms with Crippen LogP contribution in [0.4, 0.5) is 0 Å². The van der Waals surface area contributed by atoms with E-state index in [0.717, 1.165) is 31.4 Å². The molecule has 90 valence electrons. The smallest absolute Gasteiger partial charge is 0.122 e. The number of nitrogens with zero attached hydrogens (tertiary/aromatic N) is 1. The Labute approximate surface area is 96.1 Å². The first kappa shape index (κ1) is 11.3. The van der Waals surface area contributed by atoms with Gasteiger partial charge in [0, 0.05) is 25.4 Å². The Balaban J connectivity index is 2.03. The van der Waals surface area contributed by atoms with Crippen molar-refractivity contribution in [1.29, 1.82) is 0 Å². The quantitative estimate of drug-likeness (QED) is 0.598. The molecule has 5 heteroatoms. The number of ether oxygens (including phenoxy) is 1. The number of rotatable bonds is 2. The monoisotopic (exact) mass is 224 g/mol. The molecule has 2 aliphatic rings. The molecule has 5 nitrogen and oxygen atoms in total. The van der Waals surface area contributed by atoms with Crippen LogP contribution in [0.15, 0.2) is 23.9 Å². The SMILES string of the molecule is COC1CCC(C2=C(N)NC=CN2N)CC1. The zero-order valence-corrected chi connectivity index (χ0v) is 9.65. The van der Waals surface area contributed by atoms with E-state index in [0.29, 0.717) is 17.8 Å². The minimum absolute atomic E-state index is 0.399. The Morgan fingerprint density at radius 2 is 2.06 bits per heavy atom. The van der Waals surface area contributed by atoms with Crippen LogP contribution in [-0.2, 0) is 4.74 Å². The van der Waals surface area contributed by atoms with Crippen molar-refractivity contribution in [2.75, 3.05) is 7.11 Å². The lowest BCUT2D eigenvalue weighted by molar-refractivity contribution is 0.0581. The Morgan fingerprint density at radius 3 is 2.62 bits per heavy atom. The minimum Gasteiger partial charge on any atom is -0.384 e. The molecule has 1 aliphatic carbocycles. The van der Waals surface area contributed by atoms with Crippen molar-refractivity contribution in [1.82, 2.24) is 10.3 Å². The number of hydrogen-bond donors (Lipinski definition) is 3. The van der Waals surface area contributed by atoms with Gasteiger partial charge < -0.3 is 15.8 Å². The van der Waals surface area contributed by atoms with E-state index >= 15 is 0 Å². The largest absolute Gasteiger partial charge is 0.384 e. The number of methoxy groups -OCH3 is 1. The lowest BCUT2D eigenvalue weighted by atomic mass is 9.84. The average molecular weight is 224 g/mol. The van der Waals surface area contributed by atoms with Gasteiger partial charge in [-0.05, 0) is 25.7 Å². The Bertz CT molecular complexity index is 305. The molecule has 0 aromatic rings. The number of nitrogens with two attached hydrogens (primary N) is 2. The predicted molar refractivity (Wildman–Crippen MR) is 62.3 cm³/mol. The van der Waals surface area contributed by atoms with Crippen molar-refractivity contribution in [3.05, 3.63) is 23.9 Å². The number of nitrogens with one attached hydrogen (secondary N) is 1. The fourth-order valence-corrected chi connectivity index (χ4v) is 2.50. The van der Waals surface area contributed by atoms with Crippen molar-refractivity contribution in [2.45, 2.75) is 31.8 Å². The highest BCUT2D eigenvalue weighted by Gasteiger charge is 2.28. The van der Waals surface area contributed by atoms with Gasteiger partial charge in [-0.1, -0.05) is 0 Å². The number of hydrogen-bond acceptors (Lipinski definition) is 5. The van der Waals surface area contributed by atoms with E-state index in [1.54, 1.807) is 24.5 Å². The molecule has 2 rings (SSSR count). The van der Waals surface area contributed by atoms with Gasteiger partial charge in [-0.25, -0.2) is 5.84 Å². The van der Waals surface area contributed by atoms with Gasteiger partial charge in [0.25, 0.3) is 0 Å². The summed E-state index contributed by atoms with van der Waals surface area (Å²) in [5.74, 6) is 7.02.